The fraction of sp³-hybridized carbons (Fsp3) is 0.235. The summed E-state index contributed by atoms with van der Waals surface area (Å²) < 4.78 is 6.43. The summed E-state index contributed by atoms with van der Waals surface area (Å²) in [6, 6.07) is 8.01. The number of aryl methyl sites for hydroxylation is 1. The van der Waals surface area contributed by atoms with Gasteiger partial charge in [-0.05, 0) is 30.2 Å². The fourth-order valence-electron chi connectivity index (χ4n) is 2.38. The van der Waals surface area contributed by atoms with Gasteiger partial charge in [-0.15, -0.1) is 0 Å². The highest BCUT2D eigenvalue weighted by Crippen LogP contribution is 2.32. The van der Waals surface area contributed by atoms with Crippen molar-refractivity contribution in [2.45, 2.75) is 20.3 Å². The Labute approximate surface area is 138 Å². The number of ether oxygens (including phenoxy) is 1. The molecule has 0 aliphatic heterocycles. The van der Waals surface area contributed by atoms with E-state index in [0.717, 1.165) is 39.2 Å². The minimum absolute atomic E-state index is 0.117. The molecule has 0 radical (unpaired) electrons. The summed E-state index contributed by atoms with van der Waals surface area (Å²) in [4.78, 5) is 20.0. The average molecular weight is 327 g/mol. The highest BCUT2D eigenvalue weighted by molar-refractivity contribution is 7.22. The van der Waals surface area contributed by atoms with Crippen molar-refractivity contribution < 1.29 is 9.53 Å². The molecule has 2 aromatic heterocycles. The third-order valence-corrected chi connectivity index (χ3v) is 4.42. The number of pyridine rings is 1. The van der Waals surface area contributed by atoms with Crippen molar-refractivity contribution in [3.05, 3.63) is 36.2 Å². The Morgan fingerprint density at radius 2 is 2.13 bits per heavy atom. The van der Waals surface area contributed by atoms with Gasteiger partial charge in [-0.3, -0.25) is 9.78 Å². The lowest BCUT2D eigenvalue weighted by molar-refractivity contribution is -0.114. The molecule has 0 atom stereocenters. The molecule has 0 fully saturated rings. The van der Waals surface area contributed by atoms with Crippen LogP contribution in [0.4, 0.5) is 5.13 Å². The van der Waals surface area contributed by atoms with Gasteiger partial charge in [0, 0.05) is 18.7 Å². The molecule has 6 heteroatoms. The van der Waals surface area contributed by atoms with E-state index in [1.165, 1.54) is 18.3 Å². The Balaban J connectivity index is 2.01. The van der Waals surface area contributed by atoms with Crippen molar-refractivity contribution in [1.82, 2.24) is 9.97 Å². The van der Waals surface area contributed by atoms with E-state index in [9.17, 15) is 4.79 Å². The van der Waals surface area contributed by atoms with Gasteiger partial charge in [0.05, 0.1) is 23.0 Å². The molecule has 0 unspecified atom stereocenters. The van der Waals surface area contributed by atoms with Crippen LogP contribution in [0.2, 0.25) is 0 Å². The van der Waals surface area contributed by atoms with Gasteiger partial charge >= 0.3 is 0 Å². The predicted octanol–water partition coefficient (Wildman–Crippen LogP) is 3.89. The average Bonchev–Trinajstić information content (AvgIpc) is 2.94. The summed E-state index contributed by atoms with van der Waals surface area (Å²) in [5.41, 5.74) is 3.86. The SMILES string of the molecule is CCc1ncc(-c2ccc3nc(NC(C)=O)sc3c2)cc1OC. The fourth-order valence-corrected chi connectivity index (χ4v) is 3.33. The van der Waals surface area contributed by atoms with Crippen LogP contribution in [0.3, 0.4) is 0 Å². The van der Waals surface area contributed by atoms with Gasteiger partial charge in [0.2, 0.25) is 5.91 Å². The minimum Gasteiger partial charge on any atom is -0.495 e. The molecule has 3 aromatic rings. The predicted molar refractivity (Wildman–Crippen MR) is 93.1 cm³/mol. The smallest absolute Gasteiger partial charge is 0.223 e. The Bertz CT molecular complexity index is 873. The van der Waals surface area contributed by atoms with E-state index in [1.807, 2.05) is 24.4 Å². The van der Waals surface area contributed by atoms with E-state index >= 15 is 0 Å². The van der Waals surface area contributed by atoms with E-state index in [4.69, 9.17) is 4.74 Å². The summed E-state index contributed by atoms with van der Waals surface area (Å²) in [5.74, 6) is 0.682. The number of hydrogen-bond acceptors (Lipinski definition) is 5. The molecule has 5 nitrogen and oxygen atoms in total. The van der Waals surface area contributed by atoms with Gasteiger partial charge in [0.15, 0.2) is 5.13 Å². The van der Waals surface area contributed by atoms with Crippen LogP contribution >= 0.6 is 11.3 Å². The first-order chi connectivity index (χ1) is 11.1. The van der Waals surface area contributed by atoms with Crippen molar-refractivity contribution >= 4 is 32.6 Å². The number of methoxy groups -OCH3 is 1. The zero-order valence-corrected chi connectivity index (χ0v) is 14.0. The second-order valence-corrected chi connectivity index (χ2v) is 6.14. The second-order valence-electron chi connectivity index (χ2n) is 5.11. The summed E-state index contributed by atoms with van der Waals surface area (Å²) in [6.07, 6.45) is 2.69. The van der Waals surface area contributed by atoms with E-state index in [1.54, 1.807) is 7.11 Å². The first-order valence-corrected chi connectivity index (χ1v) is 8.13. The number of thiazole rings is 1. The number of anilines is 1. The molecule has 2 heterocycles. The number of aromatic nitrogens is 2. The van der Waals surface area contributed by atoms with Crippen molar-refractivity contribution in [2.24, 2.45) is 0 Å². The maximum Gasteiger partial charge on any atom is 0.223 e. The van der Waals surface area contributed by atoms with Crippen LogP contribution in [0.15, 0.2) is 30.5 Å². The van der Waals surface area contributed by atoms with E-state index in [-0.39, 0.29) is 5.91 Å². The number of rotatable bonds is 4. The Morgan fingerprint density at radius 1 is 1.30 bits per heavy atom. The Kier molecular flexibility index (Phi) is 4.25. The van der Waals surface area contributed by atoms with Crippen LogP contribution in [-0.2, 0) is 11.2 Å². The molecule has 118 valence electrons. The molecule has 0 bridgehead atoms. The molecule has 0 saturated heterocycles. The number of carbonyl (C=O) groups is 1. The van der Waals surface area contributed by atoms with Crippen molar-refractivity contribution in [3.8, 4) is 16.9 Å². The van der Waals surface area contributed by atoms with Crippen molar-refractivity contribution in [1.29, 1.82) is 0 Å². The Hall–Kier alpha value is -2.47. The molecule has 1 amide bonds. The first-order valence-electron chi connectivity index (χ1n) is 7.32. The lowest BCUT2D eigenvalue weighted by Gasteiger charge is -2.08. The van der Waals surface area contributed by atoms with Gasteiger partial charge in [0.1, 0.15) is 5.75 Å². The standard InChI is InChI=1S/C17H17N3O2S/c1-4-13-15(22-3)7-12(9-18-13)11-5-6-14-16(8-11)23-17(20-14)19-10(2)21/h5-9H,4H2,1-3H3,(H,19,20,21). The first kappa shape index (κ1) is 15.4. The van der Waals surface area contributed by atoms with E-state index in [2.05, 4.69) is 28.3 Å². The molecule has 1 N–H and O–H groups in total. The van der Waals surface area contributed by atoms with Crippen LogP contribution in [-0.4, -0.2) is 23.0 Å². The van der Waals surface area contributed by atoms with Gasteiger partial charge in [-0.25, -0.2) is 4.98 Å². The van der Waals surface area contributed by atoms with Crippen LogP contribution < -0.4 is 10.1 Å². The second kappa shape index (κ2) is 6.34. The lowest BCUT2D eigenvalue weighted by Crippen LogP contribution is -2.04. The van der Waals surface area contributed by atoms with Crippen LogP contribution in [0.1, 0.15) is 19.5 Å². The van der Waals surface area contributed by atoms with Gasteiger partial charge in [0.25, 0.3) is 0 Å². The zero-order valence-electron chi connectivity index (χ0n) is 13.2. The van der Waals surface area contributed by atoms with Gasteiger partial charge in [-0.1, -0.05) is 24.3 Å². The molecule has 0 aliphatic carbocycles. The molecule has 0 saturated carbocycles. The molecule has 1 aromatic carbocycles. The van der Waals surface area contributed by atoms with Crippen molar-refractivity contribution in [3.63, 3.8) is 0 Å². The highest BCUT2D eigenvalue weighted by Gasteiger charge is 2.09. The maximum atomic E-state index is 11.1. The highest BCUT2D eigenvalue weighted by atomic mass is 32.1. The molecule has 23 heavy (non-hydrogen) atoms. The van der Waals surface area contributed by atoms with Crippen molar-refractivity contribution in [2.75, 3.05) is 12.4 Å². The quantitative estimate of drug-likeness (QED) is 0.789. The Morgan fingerprint density at radius 3 is 2.83 bits per heavy atom. The number of amides is 1. The number of fused-ring (bicyclic) bond motifs is 1. The maximum absolute atomic E-state index is 11.1. The number of nitrogens with zero attached hydrogens (tertiary/aromatic N) is 2. The van der Waals surface area contributed by atoms with E-state index < -0.39 is 0 Å². The lowest BCUT2D eigenvalue weighted by atomic mass is 10.1. The van der Waals surface area contributed by atoms with Crippen LogP contribution in [0.25, 0.3) is 21.3 Å². The molecule has 3 rings (SSSR count). The summed E-state index contributed by atoms with van der Waals surface area (Å²) in [5, 5.41) is 3.34. The summed E-state index contributed by atoms with van der Waals surface area (Å²) >= 11 is 1.46. The number of nitrogens with one attached hydrogen (secondary N) is 1. The zero-order chi connectivity index (χ0) is 16.4. The normalized spacial score (nSPS) is 10.7. The summed E-state index contributed by atoms with van der Waals surface area (Å²) in [6.45, 7) is 3.53. The van der Waals surface area contributed by atoms with Gasteiger partial charge in [-0.2, -0.15) is 0 Å². The topological polar surface area (TPSA) is 64.1 Å². The van der Waals surface area contributed by atoms with Crippen LogP contribution in [0.5, 0.6) is 5.75 Å². The third-order valence-electron chi connectivity index (χ3n) is 3.49. The number of hydrogen-bond donors (Lipinski definition) is 1. The number of carbonyl (C=O) groups excluding carboxylic acids is 1. The third kappa shape index (κ3) is 3.17. The van der Waals surface area contributed by atoms with Gasteiger partial charge < -0.3 is 10.1 Å². The summed E-state index contributed by atoms with van der Waals surface area (Å²) in [7, 11) is 1.66. The molecular weight excluding hydrogens is 310 g/mol. The number of benzene rings is 1. The molecule has 0 aliphatic rings. The monoisotopic (exact) mass is 327 g/mol. The molecule has 0 spiro atoms. The molecular formula is C17H17N3O2S. The minimum atomic E-state index is -0.117. The van der Waals surface area contributed by atoms with E-state index in [0.29, 0.717) is 5.13 Å². The largest absolute Gasteiger partial charge is 0.495 e. The van der Waals surface area contributed by atoms with Crippen LogP contribution in [0, 0.1) is 0 Å².